The largest absolute Gasteiger partial charge is 0.378 e. The Labute approximate surface area is 101 Å². The van der Waals surface area contributed by atoms with Crippen LogP contribution in [0.3, 0.4) is 0 Å². The maximum absolute atomic E-state index is 5.93. The van der Waals surface area contributed by atoms with Crippen LogP contribution in [-0.2, 0) is 4.74 Å². The molecule has 16 heavy (non-hydrogen) atoms. The van der Waals surface area contributed by atoms with Gasteiger partial charge in [0.25, 0.3) is 0 Å². The lowest BCUT2D eigenvalue weighted by Crippen LogP contribution is -2.21. The van der Waals surface area contributed by atoms with Crippen LogP contribution in [0.5, 0.6) is 0 Å². The minimum Gasteiger partial charge on any atom is -0.378 e. The van der Waals surface area contributed by atoms with E-state index in [2.05, 4.69) is 26.0 Å². The van der Waals surface area contributed by atoms with E-state index in [1.165, 1.54) is 51.4 Å². The molecule has 1 aliphatic carbocycles. The van der Waals surface area contributed by atoms with E-state index < -0.39 is 0 Å². The Morgan fingerprint density at radius 2 is 1.81 bits per heavy atom. The van der Waals surface area contributed by atoms with Gasteiger partial charge in [0.1, 0.15) is 0 Å². The first-order chi connectivity index (χ1) is 7.86. The molecule has 0 heterocycles. The number of unbranched alkanes of at least 4 members (excludes halogenated alkanes) is 3. The van der Waals surface area contributed by atoms with Crippen LogP contribution in [0.4, 0.5) is 0 Å². The fourth-order valence-corrected chi connectivity index (χ4v) is 2.50. The number of ether oxygens (including phenoxy) is 1. The van der Waals surface area contributed by atoms with Crippen LogP contribution in [0.25, 0.3) is 0 Å². The van der Waals surface area contributed by atoms with Gasteiger partial charge in [-0.15, -0.1) is 0 Å². The van der Waals surface area contributed by atoms with E-state index in [1.54, 1.807) is 0 Å². The Morgan fingerprint density at radius 3 is 2.44 bits per heavy atom. The van der Waals surface area contributed by atoms with Crippen LogP contribution in [0.15, 0.2) is 12.2 Å². The standard InChI is InChI=1S/C15H28O/c1-3-5-6-7-13-16-15-11-9-14(8-4-2)10-12-15/h4,8,14-15H,3,5-7,9-13H2,1-2H3. The van der Waals surface area contributed by atoms with E-state index in [0.29, 0.717) is 6.10 Å². The molecule has 0 N–H and O–H groups in total. The molecule has 0 aromatic carbocycles. The molecule has 0 unspecified atom stereocenters. The molecule has 1 saturated carbocycles. The molecular weight excluding hydrogens is 196 g/mol. The number of rotatable bonds is 7. The summed E-state index contributed by atoms with van der Waals surface area (Å²) < 4.78 is 5.93. The van der Waals surface area contributed by atoms with Crippen LogP contribution >= 0.6 is 0 Å². The third-order valence-electron chi connectivity index (χ3n) is 3.53. The monoisotopic (exact) mass is 224 g/mol. The zero-order chi connectivity index (χ0) is 11.6. The summed E-state index contributed by atoms with van der Waals surface area (Å²) in [4.78, 5) is 0. The molecule has 1 aliphatic rings. The summed E-state index contributed by atoms with van der Waals surface area (Å²) in [6.07, 6.45) is 15.6. The van der Waals surface area contributed by atoms with Gasteiger partial charge in [0.2, 0.25) is 0 Å². The lowest BCUT2D eigenvalue weighted by atomic mass is 9.87. The Kier molecular flexibility index (Phi) is 7.58. The zero-order valence-corrected chi connectivity index (χ0v) is 11.1. The third-order valence-corrected chi connectivity index (χ3v) is 3.53. The molecule has 1 rings (SSSR count). The summed E-state index contributed by atoms with van der Waals surface area (Å²) in [7, 11) is 0. The molecule has 1 nitrogen and oxygen atoms in total. The Morgan fingerprint density at radius 1 is 1.06 bits per heavy atom. The lowest BCUT2D eigenvalue weighted by Gasteiger charge is -2.26. The molecular formula is C15H28O. The van der Waals surface area contributed by atoms with Crippen molar-refractivity contribution < 1.29 is 4.74 Å². The van der Waals surface area contributed by atoms with Crippen LogP contribution in [0, 0.1) is 5.92 Å². The second kappa shape index (κ2) is 8.81. The molecule has 0 aliphatic heterocycles. The average molecular weight is 224 g/mol. The lowest BCUT2D eigenvalue weighted by molar-refractivity contribution is 0.0203. The van der Waals surface area contributed by atoms with E-state index in [-0.39, 0.29) is 0 Å². The molecule has 0 aromatic rings. The second-order valence-corrected chi connectivity index (χ2v) is 4.99. The molecule has 0 bridgehead atoms. The van der Waals surface area contributed by atoms with Crippen LogP contribution in [0.2, 0.25) is 0 Å². The van der Waals surface area contributed by atoms with Crippen LogP contribution in [-0.4, -0.2) is 12.7 Å². The molecule has 1 heteroatoms. The second-order valence-electron chi connectivity index (χ2n) is 4.99. The van der Waals surface area contributed by atoms with Crippen LogP contribution < -0.4 is 0 Å². The van der Waals surface area contributed by atoms with Gasteiger partial charge in [-0.25, -0.2) is 0 Å². The minimum atomic E-state index is 0.558. The van der Waals surface area contributed by atoms with Crippen molar-refractivity contribution in [3.63, 3.8) is 0 Å². The normalized spacial score (nSPS) is 26.4. The summed E-state index contributed by atoms with van der Waals surface area (Å²) in [5, 5.41) is 0. The summed E-state index contributed by atoms with van der Waals surface area (Å²) in [6.45, 7) is 5.36. The van der Waals surface area contributed by atoms with Gasteiger partial charge in [-0.3, -0.25) is 0 Å². The predicted molar refractivity (Wildman–Crippen MR) is 70.7 cm³/mol. The fourth-order valence-electron chi connectivity index (χ4n) is 2.50. The number of hydrogen-bond donors (Lipinski definition) is 0. The van der Waals surface area contributed by atoms with E-state index >= 15 is 0 Å². The first-order valence-corrected chi connectivity index (χ1v) is 7.11. The van der Waals surface area contributed by atoms with Crippen molar-refractivity contribution in [1.29, 1.82) is 0 Å². The maximum atomic E-state index is 5.93. The van der Waals surface area contributed by atoms with Gasteiger partial charge in [0.05, 0.1) is 6.10 Å². The predicted octanol–water partition coefficient (Wildman–Crippen LogP) is 4.72. The van der Waals surface area contributed by atoms with Crippen molar-refractivity contribution in [3.05, 3.63) is 12.2 Å². The highest BCUT2D eigenvalue weighted by molar-refractivity contribution is 4.89. The van der Waals surface area contributed by atoms with E-state index in [9.17, 15) is 0 Å². The number of allylic oxidation sites excluding steroid dienone is 2. The molecule has 0 radical (unpaired) electrons. The van der Waals surface area contributed by atoms with Crippen LogP contribution in [0.1, 0.15) is 65.2 Å². The smallest absolute Gasteiger partial charge is 0.0575 e. The fraction of sp³-hybridized carbons (Fsp3) is 0.867. The SMILES string of the molecule is CC=CC1CCC(OCCCCCC)CC1. The maximum Gasteiger partial charge on any atom is 0.0575 e. The Bertz CT molecular complexity index is 178. The average Bonchev–Trinajstić information content (AvgIpc) is 2.31. The van der Waals surface area contributed by atoms with E-state index in [0.717, 1.165) is 12.5 Å². The van der Waals surface area contributed by atoms with Crippen molar-refractivity contribution in [2.45, 2.75) is 71.3 Å². The topological polar surface area (TPSA) is 9.23 Å². The van der Waals surface area contributed by atoms with Gasteiger partial charge in [-0.1, -0.05) is 38.3 Å². The van der Waals surface area contributed by atoms with Crippen molar-refractivity contribution >= 4 is 0 Å². The first kappa shape index (κ1) is 13.8. The molecule has 0 spiro atoms. The molecule has 0 amide bonds. The number of hydrogen-bond acceptors (Lipinski definition) is 1. The Hall–Kier alpha value is -0.300. The summed E-state index contributed by atoms with van der Waals surface area (Å²) in [5.41, 5.74) is 0. The highest BCUT2D eigenvalue weighted by Gasteiger charge is 2.19. The molecule has 0 saturated heterocycles. The van der Waals surface area contributed by atoms with Gasteiger partial charge < -0.3 is 4.74 Å². The first-order valence-electron chi connectivity index (χ1n) is 7.11. The minimum absolute atomic E-state index is 0.558. The van der Waals surface area contributed by atoms with Crippen molar-refractivity contribution in [3.8, 4) is 0 Å². The van der Waals surface area contributed by atoms with Crippen molar-refractivity contribution in [2.75, 3.05) is 6.61 Å². The zero-order valence-electron chi connectivity index (χ0n) is 11.1. The van der Waals surface area contributed by atoms with E-state index in [4.69, 9.17) is 4.74 Å². The third kappa shape index (κ3) is 5.69. The van der Waals surface area contributed by atoms with Crippen molar-refractivity contribution in [1.82, 2.24) is 0 Å². The summed E-state index contributed by atoms with van der Waals surface area (Å²) >= 11 is 0. The van der Waals surface area contributed by atoms with Gasteiger partial charge in [0, 0.05) is 6.61 Å². The Balaban J connectivity index is 1.99. The molecule has 1 fully saturated rings. The van der Waals surface area contributed by atoms with Gasteiger partial charge in [-0.2, -0.15) is 0 Å². The highest BCUT2D eigenvalue weighted by Crippen LogP contribution is 2.27. The van der Waals surface area contributed by atoms with E-state index in [1.807, 2.05) is 0 Å². The summed E-state index contributed by atoms with van der Waals surface area (Å²) in [5.74, 6) is 0.824. The van der Waals surface area contributed by atoms with Crippen molar-refractivity contribution in [2.24, 2.45) is 5.92 Å². The van der Waals surface area contributed by atoms with Gasteiger partial charge >= 0.3 is 0 Å². The molecule has 0 aromatic heterocycles. The van der Waals surface area contributed by atoms with Gasteiger partial charge in [0.15, 0.2) is 0 Å². The highest BCUT2D eigenvalue weighted by atomic mass is 16.5. The quantitative estimate of drug-likeness (QED) is 0.449. The summed E-state index contributed by atoms with van der Waals surface area (Å²) in [6, 6.07) is 0. The molecule has 94 valence electrons. The van der Waals surface area contributed by atoms with Gasteiger partial charge in [-0.05, 0) is 44.9 Å². The molecule has 0 atom stereocenters.